The predicted octanol–water partition coefficient (Wildman–Crippen LogP) is 14.6. The molecule has 2 aliphatic rings. The first-order valence-electron chi connectivity index (χ1n) is 19.8. The van der Waals surface area contributed by atoms with Gasteiger partial charge in [0.2, 0.25) is 0 Å². The van der Waals surface area contributed by atoms with Gasteiger partial charge in [-0.2, -0.15) is 0 Å². The molecule has 2 heteroatoms. The van der Waals surface area contributed by atoms with E-state index in [0.29, 0.717) is 0 Å². The van der Waals surface area contributed by atoms with E-state index in [-0.39, 0.29) is 10.8 Å². The predicted molar refractivity (Wildman–Crippen MR) is 234 cm³/mol. The first kappa shape index (κ1) is 31.7. The van der Waals surface area contributed by atoms with Crippen molar-refractivity contribution in [3.8, 4) is 50.2 Å². The van der Waals surface area contributed by atoms with E-state index in [1.165, 1.54) is 82.8 Å². The smallest absolute Gasteiger partial charge is 0.143 e. The van der Waals surface area contributed by atoms with Gasteiger partial charge in [-0.3, -0.25) is 0 Å². The minimum Gasteiger partial charge on any atom is -0.455 e. The molecule has 8 aromatic carbocycles. The number of furan rings is 1. The van der Waals surface area contributed by atoms with Crippen molar-refractivity contribution in [1.82, 2.24) is 4.57 Å². The monoisotopic (exact) mass is 717 g/mol. The van der Waals surface area contributed by atoms with Crippen LogP contribution in [0.5, 0.6) is 0 Å². The van der Waals surface area contributed by atoms with Crippen molar-refractivity contribution in [1.29, 1.82) is 0 Å². The molecular formula is C54H39NO. The van der Waals surface area contributed by atoms with E-state index in [0.717, 1.165) is 33.4 Å². The van der Waals surface area contributed by atoms with E-state index in [4.69, 9.17) is 4.42 Å². The van der Waals surface area contributed by atoms with Crippen LogP contribution in [-0.2, 0) is 10.8 Å². The second-order valence-electron chi connectivity index (χ2n) is 16.9. The van der Waals surface area contributed by atoms with E-state index >= 15 is 0 Å². The number of hydrogen-bond donors (Lipinski definition) is 0. The van der Waals surface area contributed by atoms with Crippen LogP contribution in [0.15, 0.2) is 168 Å². The largest absolute Gasteiger partial charge is 0.455 e. The van der Waals surface area contributed by atoms with Crippen LogP contribution in [0.25, 0.3) is 93.9 Å². The highest BCUT2D eigenvalue weighted by atomic mass is 16.3. The lowest BCUT2D eigenvalue weighted by atomic mass is 9.81. The fourth-order valence-electron chi connectivity index (χ4n) is 10.4. The molecular weight excluding hydrogens is 679 g/mol. The number of rotatable bonds is 3. The van der Waals surface area contributed by atoms with Crippen LogP contribution < -0.4 is 0 Å². The summed E-state index contributed by atoms with van der Waals surface area (Å²) in [5.74, 6) is 0. The van der Waals surface area contributed by atoms with Crippen LogP contribution in [0.2, 0.25) is 0 Å². The first-order chi connectivity index (χ1) is 27.3. The maximum atomic E-state index is 6.94. The number of hydrogen-bond acceptors (Lipinski definition) is 1. The Balaban J connectivity index is 0.958. The van der Waals surface area contributed by atoms with Gasteiger partial charge in [0.15, 0.2) is 0 Å². The molecule has 0 spiro atoms. The molecule has 0 radical (unpaired) electrons. The maximum absolute atomic E-state index is 6.94. The van der Waals surface area contributed by atoms with E-state index in [2.05, 4.69) is 196 Å². The van der Waals surface area contributed by atoms with Crippen molar-refractivity contribution >= 4 is 43.7 Å². The van der Waals surface area contributed by atoms with Crippen molar-refractivity contribution in [2.24, 2.45) is 0 Å². The zero-order valence-electron chi connectivity index (χ0n) is 31.9. The minimum absolute atomic E-state index is 0.0341. The highest BCUT2D eigenvalue weighted by Gasteiger charge is 2.38. The number of benzene rings is 8. The van der Waals surface area contributed by atoms with E-state index in [1.807, 2.05) is 0 Å². The highest BCUT2D eigenvalue weighted by Crippen LogP contribution is 2.53. The molecule has 10 aromatic rings. The van der Waals surface area contributed by atoms with Gasteiger partial charge in [-0.1, -0.05) is 155 Å². The summed E-state index contributed by atoms with van der Waals surface area (Å²) in [6, 6.07) is 60.6. The van der Waals surface area contributed by atoms with Crippen LogP contribution in [0, 0.1) is 0 Å². The Labute approximate surface area is 326 Å². The molecule has 0 unspecified atom stereocenters. The summed E-state index contributed by atoms with van der Waals surface area (Å²) >= 11 is 0. The topological polar surface area (TPSA) is 18.1 Å². The standard InChI is InChI=1S/C54H39NO/c1-53(2)45-18-9-6-14-42(45)50-46(53)28-27-41-40-16-11-15-36(51(40)56-52(41)50)32-20-24-35(25-21-32)55-48-19-10-7-13-39(48)43-30-33(23-29-49(43)55)34-22-26-38-37-12-5-8-17-44(37)54(3,4)47(38)31-34/h5-31H,1-4H3. The van der Waals surface area contributed by atoms with Crippen molar-refractivity contribution < 1.29 is 4.42 Å². The summed E-state index contributed by atoms with van der Waals surface area (Å²) in [7, 11) is 0. The normalized spacial score (nSPS) is 14.7. The summed E-state index contributed by atoms with van der Waals surface area (Å²) in [6.07, 6.45) is 0. The van der Waals surface area contributed by atoms with Crippen molar-refractivity contribution in [3.63, 3.8) is 0 Å². The molecule has 0 saturated heterocycles. The third-order valence-electron chi connectivity index (χ3n) is 13.2. The van der Waals surface area contributed by atoms with Gasteiger partial charge in [0.25, 0.3) is 0 Å². The lowest BCUT2D eigenvalue weighted by Gasteiger charge is -2.22. The number of fused-ring (bicyclic) bond motifs is 13. The Hall–Kier alpha value is -6.64. The summed E-state index contributed by atoms with van der Waals surface area (Å²) in [4.78, 5) is 0. The average molecular weight is 718 g/mol. The Bertz CT molecular complexity index is 3290. The average Bonchev–Trinajstić information content (AvgIpc) is 3.92. The number of nitrogens with zero attached hydrogens (tertiary/aromatic N) is 1. The van der Waals surface area contributed by atoms with Gasteiger partial charge < -0.3 is 8.98 Å². The van der Waals surface area contributed by atoms with Gasteiger partial charge in [-0.05, 0) is 92.0 Å². The lowest BCUT2D eigenvalue weighted by molar-refractivity contribution is 0.653. The molecule has 2 nitrogen and oxygen atoms in total. The van der Waals surface area contributed by atoms with Crippen LogP contribution in [0.1, 0.15) is 49.9 Å². The second kappa shape index (κ2) is 11.0. The molecule has 0 aliphatic heterocycles. The summed E-state index contributed by atoms with van der Waals surface area (Å²) < 4.78 is 9.35. The molecule has 0 fully saturated rings. The van der Waals surface area contributed by atoms with Crippen LogP contribution in [0.4, 0.5) is 0 Å². The van der Waals surface area contributed by atoms with Crippen LogP contribution in [0.3, 0.4) is 0 Å². The molecule has 0 saturated carbocycles. The quantitative estimate of drug-likeness (QED) is 0.178. The minimum atomic E-state index is -0.0713. The van der Waals surface area contributed by atoms with Crippen molar-refractivity contribution in [2.45, 2.75) is 38.5 Å². The zero-order chi connectivity index (χ0) is 37.5. The highest BCUT2D eigenvalue weighted by molar-refractivity contribution is 6.15. The SMILES string of the molecule is CC1(C)c2ccccc2-c2ccc(-c3ccc4c(c3)c3ccccc3n4-c3ccc(-c4cccc5c4oc4c6c(ccc45)C(C)(C)c4ccccc4-6)cc3)cc21. The van der Waals surface area contributed by atoms with Crippen LogP contribution in [-0.4, -0.2) is 4.57 Å². The first-order valence-corrected chi connectivity index (χ1v) is 19.8. The molecule has 0 N–H and O–H groups in total. The van der Waals surface area contributed by atoms with Crippen LogP contribution >= 0.6 is 0 Å². The molecule has 0 amide bonds. The Kier molecular flexibility index (Phi) is 6.22. The molecule has 0 atom stereocenters. The van der Waals surface area contributed by atoms with Gasteiger partial charge in [0.1, 0.15) is 11.2 Å². The summed E-state index contributed by atoms with van der Waals surface area (Å²) in [5.41, 5.74) is 20.8. The molecule has 266 valence electrons. The Morgan fingerprint density at radius 1 is 0.375 bits per heavy atom. The number of aromatic nitrogens is 1. The molecule has 2 heterocycles. The molecule has 12 rings (SSSR count). The van der Waals surface area contributed by atoms with E-state index in [1.54, 1.807) is 0 Å². The molecule has 2 aromatic heterocycles. The van der Waals surface area contributed by atoms with Gasteiger partial charge in [-0.25, -0.2) is 0 Å². The summed E-state index contributed by atoms with van der Waals surface area (Å²) in [6.45, 7) is 9.35. The van der Waals surface area contributed by atoms with E-state index < -0.39 is 0 Å². The zero-order valence-corrected chi connectivity index (χ0v) is 31.9. The van der Waals surface area contributed by atoms with Gasteiger partial charge >= 0.3 is 0 Å². The Morgan fingerprint density at radius 3 is 1.80 bits per heavy atom. The second-order valence-corrected chi connectivity index (χ2v) is 16.9. The van der Waals surface area contributed by atoms with Gasteiger partial charge in [0, 0.05) is 49.2 Å². The molecule has 56 heavy (non-hydrogen) atoms. The Morgan fingerprint density at radius 2 is 0.964 bits per heavy atom. The lowest BCUT2D eigenvalue weighted by Crippen LogP contribution is -2.14. The third-order valence-corrected chi connectivity index (χ3v) is 13.2. The maximum Gasteiger partial charge on any atom is 0.143 e. The molecule has 0 bridgehead atoms. The third kappa shape index (κ3) is 4.11. The number of para-hydroxylation sites is 2. The van der Waals surface area contributed by atoms with Crippen molar-refractivity contribution in [2.75, 3.05) is 0 Å². The van der Waals surface area contributed by atoms with Gasteiger partial charge in [-0.15, -0.1) is 0 Å². The summed E-state index contributed by atoms with van der Waals surface area (Å²) in [5, 5.41) is 4.84. The molecule has 2 aliphatic carbocycles. The fourth-order valence-corrected chi connectivity index (χ4v) is 10.4. The fraction of sp³-hybridized carbons (Fsp3) is 0.111. The van der Waals surface area contributed by atoms with Crippen molar-refractivity contribution in [3.05, 3.63) is 186 Å². The van der Waals surface area contributed by atoms with E-state index in [9.17, 15) is 0 Å². The van der Waals surface area contributed by atoms with Gasteiger partial charge in [0.05, 0.1) is 11.0 Å².